The molecule has 15 heavy (non-hydrogen) atoms. The highest BCUT2D eigenvalue weighted by Gasteiger charge is 2.27. The van der Waals surface area contributed by atoms with E-state index in [9.17, 15) is 14.9 Å². The van der Waals surface area contributed by atoms with Gasteiger partial charge < -0.3 is 4.90 Å². The first-order valence-corrected chi connectivity index (χ1v) is 4.40. The average Bonchev–Trinajstić information content (AvgIpc) is 2.59. The number of nitro groups is 1. The summed E-state index contributed by atoms with van der Waals surface area (Å²) < 4.78 is 1.32. The Labute approximate surface area is 86.4 Å². The lowest BCUT2D eigenvalue weighted by Gasteiger charge is -2.10. The van der Waals surface area contributed by atoms with E-state index in [-0.39, 0.29) is 11.4 Å². The summed E-state index contributed by atoms with van der Waals surface area (Å²) in [7, 11) is 3.08. The third kappa shape index (κ3) is 1.95. The molecule has 1 aromatic rings. The van der Waals surface area contributed by atoms with Crippen molar-refractivity contribution in [3.63, 3.8) is 0 Å². The van der Waals surface area contributed by atoms with Gasteiger partial charge in [-0.3, -0.25) is 19.6 Å². The summed E-state index contributed by atoms with van der Waals surface area (Å²) >= 11 is 0. The van der Waals surface area contributed by atoms with E-state index in [1.807, 2.05) is 0 Å². The van der Waals surface area contributed by atoms with Crippen LogP contribution in [0.4, 0.5) is 5.69 Å². The smallest absolute Gasteiger partial charge is 0.320 e. The highest BCUT2D eigenvalue weighted by molar-refractivity contribution is 5.96. The summed E-state index contributed by atoms with van der Waals surface area (Å²) in [5.41, 5.74) is -0.233. The van der Waals surface area contributed by atoms with E-state index in [1.165, 1.54) is 9.58 Å². The van der Waals surface area contributed by atoms with E-state index in [4.69, 9.17) is 0 Å². The first kappa shape index (κ1) is 11.2. The summed E-state index contributed by atoms with van der Waals surface area (Å²) in [6, 6.07) is 0. The average molecular weight is 212 g/mol. The quantitative estimate of drug-likeness (QED) is 0.540. The number of carbonyl (C=O) groups is 1. The molecule has 1 heterocycles. The van der Waals surface area contributed by atoms with Gasteiger partial charge in [0.25, 0.3) is 5.91 Å². The van der Waals surface area contributed by atoms with Crippen molar-refractivity contribution in [2.45, 2.75) is 13.5 Å². The van der Waals surface area contributed by atoms with Crippen molar-refractivity contribution in [2.75, 3.05) is 14.1 Å². The molecule has 0 radical (unpaired) electrons. The van der Waals surface area contributed by atoms with Crippen molar-refractivity contribution < 1.29 is 9.72 Å². The number of rotatable bonds is 3. The van der Waals surface area contributed by atoms with Gasteiger partial charge >= 0.3 is 5.69 Å². The molecule has 0 unspecified atom stereocenters. The zero-order valence-corrected chi connectivity index (χ0v) is 8.80. The molecule has 0 aliphatic carbocycles. The van der Waals surface area contributed by atoms with Gasteiger partial charge in [0.1, 0.15) is 6.20 Å². The van der Waals surface area contributed by atoms with Crippen LogP contribution in [0.1, 0.15) is 17.4 Å². The van der Waals surface area contributed by atoms with E-state index < -0.39 is 10.8 Å². The van der Waals surface area contributed by atoms with E-state index in [1.54, 1.807) is 21.0 Å². The Morgan fingerprint density at radius 1 is 1.67 bits per heavy atom. The van der Waals surface area contributed by atoms with E-state index >= 15 is 0 Å². The van der Waals surface area contributed by atoms with E-state index in [2.05, 4.69) is 5.10 Å². The van der Waals surface area contributed by atoms with Crippen LogP contribution in [-0.2, 0) is 6.54 Å². The zero-order valence-electron chi connectivity index (χ0n) is 8.80. The molecule has 0 aromatic carbocycles. The maximum atomic E-state index is 11.7. The Morgan fingerprint density at radius 2 is 2.27 bits per heavy atom. The third-order valence-electron chi connectivity index (χ3n) is 1.93. The minimum atomic E-state index is -0.601. The second-order valence-electron chi connectivity index (χ2n) is 3.15. The van der Waals surface area contributed by atoms with Gasteiger partial charge in [0.2, 0.25) is 5.69 Å². The highest BCUT2D eigenvalue weighted by Crippen LogP contribution is 2.18. The molecule has 1 amide bonds. The standard InChI is InChI=1S/C8H12N4O3/c1-4-11-7(8(13)10(2)3)6(5-9-11)12(14)15/h5H,4H2,1-3H3. The molecule has 82 valence electrons. The topological polar surface area (TPSA) is 81.3 Å². The Balaban J connectivity index is 3.28. The van der Waals surface area contributed by atoms with Gasteiger partial charge in [-0.1, -0.05) is 0 Å². The van der Waals surface area contributed by atoms with Gasteiger partial charge in [-0.2, -0.15) is 5.10 Å². The number of hydrogen-bond donors (Lipinski definition) is 0. The number of carbonyl (C=O) groups excluding carboxylic acids is 1. The molecule has 0 atom stereocenters. The summed E-state index contributed by atoms with van der Waals surface area (Å²) in [5, 5.41) is 14.4. The summed E-state index contributed by atoms with van der Waals surface area (Å²) in [4.78, 5) is 23.0. The minimum Gasteiger partial charge on any atom is -0.343 e. The van der Waals surface area contributed by atoms with Crippen molar-refractivity contribution in [3.8, 4) is 0 Å². The number of aromatic nitrogens is 2. The molecule has 0 bridgehead atoms. The van der Waals surface area contributed by atoms with Crippen LogP contribution in [0.2, 0.25) is 0 Å². The Bertz CT molecular complexity index is 397. The summed E-state index contributed by atoms with van der Waals surface area (Å²) in [6.07, 6.45) is 1.10. The predicted octanol–water partition coefficient (Wildman–Crippen LogP) is 0.513. The van der Waals surface area contributed by atoms with Gasteiger partial charge in [-0.05, 0) is 6.92 Å². The molecule has 1 aromatic heterocycles. The van der Waals surface area contributed by atoms with Crippen molar-refractivity contribution in [3.05, 3.63) is 22.0 Å². The van der Waals surface area contributed by atoms with Crippen LogP contribution in [0.5, 0.6) is 0 Å². The fourth-order valence-corrected chi connectivity index (χ4v) is 1.18. The van der Waals surface area contributed by atoms with Crippen molar-refractivity contribution >= 4 is 11.6 Å². The Hall–Kier alpha value is -1.92. The van der Waals surface area contributed by atoms with Crippen molar-refractivity contribution in [1.29, 1.82) is 0 Å². The van der Waals surface area contributed by atoms with Crippen LogP contribution >= 0.6 is 0 Å². The summed E-state index contributed by atoms with van der Waals surface area (Å²) in [6.45, 7) is 2.19. The Morgan fingerprint density at radius 3 is 2.67 bits per heavy atom. The number of hydrogen-bond acceptors (Lipinski definition) is 4. The monoisotopic (exact) mass is 212 g/mol. The van der Waals surface area contributed by atoms with Crippen molar-refractivity contribution in [2.24, 2.45) is 0 Å². The molecule has 0 saturated heterocycles. The van der Waals surface area contributed by atoms with E-state index in [0.717, 1.165) is 6.20 Å². The second kappa shape index (κ2) is 4.07. The molecule has 0 fully saturated rings. The molecule has 0 aliphatic heterocycles. The molecular weight excluding hydrogens is 200 g/mol. The van der Waals surface area contributed by atoms with Gasteiger partial charge in [0.05, 0.1) is 4.92 Å². The van der Waals surface area contributed by atoms with Gasteiger partial charge in [0, 0.05) is 20.6 Å². The number of amides is 1. The predicted molar refractivity (Wildman–Crippen MR) is 52.6 cm³/mol. The lowest BCUT2D eigenvalue weighted by atomic mass is 10.3. The molecule has 0 saturated carbocycles. The lowest BCUT2D eigenvalue weighted by Crippen LogP contribution is -2.25. The van der Waals surface area contributed by atoms with Crippen LogP contribution < -0.4 is 0 Å². The Kier molecular flexibility index (Phi) is 3.03. The number of aryl methyl sites for hydroxylation is 1. The maximum absolute atomic E-state index is 11.7. The first-order chi connectivity index (χ1) is 6.99. The lowest BCUT2D eigenvalue weighted by molar-refractivity contribution is -0.385. The highest BCUT2D eigenvalue weighted by atomic mass is 16.6. The second-order valence-corrected chi connectivity index (χ2v) is 3.15. The molecule has 0 aliphatic rings. The largest absolute Gasteiger partial charge is 0.343 e. The zero-order chi connectivity index (χ0) is 11.6. The SMILES string of the molecule is CCn1ncc([N+](=O)[O-])c1C(=O)N(C)C. The van der Waals surface area contributed by atoms with Crippen molar-refractivity contribution in [1.82, 2.24) is 14.7 Å². The maximum Gasteiger partial charge on any atom is 0.320 e. The fraction of sp³-hybridized carbons (Fsp3) is 0.500. The molecule has 7 heteroatoms. The van der Waals surface area contributed by atoms with Crippen LogP contribution in [0, 0.1) is 10.1 Å². The third-order valence-corrected chi connectivity index (χ3v) is 1.93. The van der Waals surface area contributed by atoms with Gasteiger partial charge in [-0.25, -0.2) is 0 Å². The molecular formula is C8H12N4O3. The number of nitrogens with zero attached hydrogens (tertiary/aromatic N) is 4. The fourth-order valence-electron chi connectivity index (χ4n) is 1.18. The minimum absolute atomic E-state index is 0.0208. The van der Waals surface area contributed by atoms with Crippen LogP contribution in [-0.4, -0.2) is 39.6 Å². The van der Waals surface area contributed by atoms with Gasteiger partial charge in [0.15, 0.2) is 0 Å². The molecule has 0 spiro atoms. The molecule has 1 rings (SSSR count). The normalized spacial score (nSPS) is 10.1. The molecule has 7 nitrogen and oxygen atoms in total. The summed E-state index contributed by atoms with van der Waals surface area (Å²) in [5.74, 6) is -0.416. The van der Waals surface area contributed by atoms with Crippen LogP contribution in [0.25, 0.3) is 0 Å². The van der Waals surface area contributed by atoms with Gasteiger partial charge in [-0.15, -0.1) is 0 Å². The van der Waals surface area contributed by atoms with Crippen LogP contribution in [0.15, 0.2) is 6.20 Å². The molecule has 0 N–H and O–H groups in total. The van der Waals surface area contributed by atoms with E-state index in [0.29, 0.717) is 6.54 Å². The van der Waals surface area contributed by atoms with Crippen LogP contribution in [0.3, 0.4) is 0 Å². The first-order valence-electron chi connectivity index (χ1n) is 4.40.